The van der Waals surface area contributed by atoms with Crippen molar-refractivity contribution in [1.29, 1.82) is 0 Å². The summed E-state index contributed by atoms with van der Waals surface area (Å²) in [4.78, 5) is 27.1. The predicted octanol–water partition coefficient (Wildman–Crippen LogP) is 7.55. The SMILES string of the molecule is C=CCc1cc(/C=C2/SC(=O)N(c3cccc(Cl)c3)C2=O)cc(OC)c1OCc1ccc(Cl)cc1. The van der Waals surface area contributed by atoms with Gasteiger partial charge in [-0.25, -0.2) is 4.90 Å². The Hall–Kier alpha value is -3.19. The van der Waals surface area contributed by atoms with Gasteiger partial charge in [0.1, 0.15) is 6.61 Å². The number of ether oxygens (including phenoxy) is 2. The molecule has 3 aromatic carbocycles. The fourth-order valence-electron chi connectivity index (χ4n) is 3.58. The molecule has 1 aliphatic heterocycles. The van der Waals surface area contributed by atoms with Crippen LogP contribution in [0.4, 0.5) is 10.5 Å². The predicted molar refractivity (Wildman–Crippen MR) is 143 cm³/mol. The van der Waals surface area contributed by atoms with Crippen molar-refractivity contribution in [2.45, 2.75) is 13.0 Å². The Morgan fingerprint density at radius 3 is 2.49 bits per heavy atom. The van der Waals surface area contributed by atoms with Crippen molar-refractivity contribution in [3.05, 3.63) is 105 Å². The quantitative estimate of drug-likeness (QED) is 0.224. The van der Waals surface area contributed by atoms with Gasteiger partial charge in [0.15, 0.2) is 11.5 Å². The molecule has 5 nitrogen and oxygen atoms in total. The standard InChI is InChI=1S/C27H21Cl2NO4S/c1-3-5-19-12-18(13-23(33-2)25(19)34-16-17-8-10-20(28)11-9-17)14-24-26(31)30(27(32)35-24)22-7-4-6-21(29)15-22/h3-4,6-15H,1,5,16H2,2H3/b24-14+. The normalized spacial score (nSPS) is 14.5. The van der Waals surface area contributed by atoms with E-state index in [1.807, 2.05) is 30.3 Å². The van der Waals surface area contributed by atoms with Gasteiger partial charge in [0, 0.05) is 15.6 Å². The largest absolute Gasteiger partial charge is 0.493 e. The second-order valence-corrected chi connectivity index (χ2v) is 9.48. The highest BCUT2D eigenvalue weighted by Crippen LogP contribution is 2.39. The van der Waals surface area contributed by atoms with Crippen molar-refractivity contribution in [3.63, 3.8) is 0 Å². The first-order valence-electron chi connectivity index (χ1n) is 10.6. The number of carbonyl (C=O) groups is 2. The van der Waals surface area contributed by atoms with Gasteiger partial charge in [0.05, 0.1) is 17.7 Å². The van der Waals surface area contributed by atoms with Gasteiger partial charge in [-0.3, -0.25) is 9.59 Å². The van der Waals surface area contributed by atoms with E-state index in [2.05, 4.69) is 6.58 Å². The van der Waals surface area contributed by atoms with Gasteiger partial charge >= 0.3 is 0 Å². The van der Waals surface area contributed by atoms with Crippen molar-refractivity contribution in [1.82, 2.24) is 0 Å². The van der Waals surface area contributed by atoms with E-state index in [0.717, 1.165) is 27.8 Å². The molecule has 0 unspecified atom stereocenters. The minimum Gasteiger partial charge on any atom is -0.493 e. The van der Waals surface area contributed by atoms with Gasteiger partial charge in [0.2, 0.25) is 0 Å². The van der Waals surface area contributed by atoms with Gasteiger partial charge in [0.25, 0.3) is 11.1 Å². The number of nitrogens with zero attached hydrogens (tertiary/aromatic N) is 1. The zero-order chi connectivity index (χ0) is 24.9. The fourth-order valence-corrected chi connectivity index (χ4v) is 4.73. The number of halogens is 2. The third kappa shape index (κ3) is 5.73. The molecule has 1 heterocycles. The number of benzene rings is 3. The molecular weight excluding hydrogens is 505 g/mol. The van der Waals surface area contributed by atoms with E-state index in [0.29, 0.717) is 50.7 Å². The summed E-state index contributed by atoms with van der Waals surface area (Å²) in [6, 6.07) is 17.7. The Balaban J connectivity index is 1.64. The summed E-state index contributed by atoms with van der Waals surface area (Å²) < 4.78 is 11.7. The second kappa shape index (κ2) is 11.0. The van der Waals surface area contributed by atoms with Crippen molar-refractivity contribution < 1.29 is 19.1 Å². The molecule has 1 fully saturated rings. The van der Waals surface area contributed by atoms with Crippen LogP contribution in [0.3, 0.4) is 0 Å². The molecule has 35 heavy (non-hydrogen) atoms. The molecule has 4 rings (SSSR count). The van der Waals surface area contributed by atoms with Crippen molar-refractivity contribution >= 4 is 57.9 Å². The number of amides is 2. The minimum absolute atomic E-state index is 0.302. The van der Waals surface area contributed by atoms with Crippen LogP contribution in [-0.2, 0) is 17.8 Å². The van der Waals surface area contributed by atoms with E-state index in [4.69, 9.17) is 32.7 Å². The molecule has 3 aromatic rings. The van der Waals surface area contributed by atoms with Crippen LogP contribution in [0.2, 0.25) is 10.0 Å². The average molecular weight is 526 g/mol. The number of anilines is 1. The van der Waals surface area contributed by atoms with E-state index in [1.54, 1.807) is 49.6 Å². The second-order valence-electron chi connectivity index (χ2n) is 7.62. The van der Waals surface area contributed by atoms with Crippen molar-refractivity contribution in [2.75, 3.05) is 12.0 Å². The number of hydrogen-bond donors (Lipinski definition) is 0. The molecule has 0 atom stereocenters. The van der Waals surface area contributed by atoms with Crippen LogP contribution in [-0.4, -0.2) is 18.3 Å². The highest BCUT2D eigenvalue weighted by Gasteiger charge is 2.36. The van der Waals surface area contributed by atoms with E-state index >= 15 is 0 Å². The van der Waals surface area contributed by atoms with Crippen LogP contribution < -0.4 is 14.4 Å². The van der Waals surface area contributed by atoms with Gasteiger partial charge in [-0.15, -0.1) is 6.58 Å². The zero-order valence-electron chi connectivity index (χ0n) is 18.8. The summed E-state index contributed by atoms with van der Waals surface area (Å²) in [6.45, 7) is 4.17. The number of carbonyl (C=O) groups excluding carboxylic acids is 2. The van der Waals surface area contributed by atoms with Gasteiger partial charge in [-0.2, -0.15) is 0 Å². The first-order chi connectivity index (χ1) is 16.9. The van der Waals surface area contributed by atoms with Crippen LogP contribution in [0.1, 0.15) is 16.7 Å². The zero-order valence-corrected chi connectivity index (χ0v) is 21.1. The molecular formula is C27H21Cl2NO4S. The van der Waals surface area contributed by atoms with E-state index < -0.39 is 5.91 Å². The van der Waals surface area contributed by atoms with Crippen LogP contribution in [0.15, 0.2) is 78.2 Å². The summed E-state index contributed by atoms with van der Waals surface area (Å²) in [6.07, 6.45) is 3.96. The van der Waals surface area contributed by atoms with E-state index in [9.17, 15) is 9.59 Å². The lowest BCUT2D eigenvalue weighted by Gasteiger charge is -2.16. The summed E-state index contributed by atoms with van der Waals surface area (Å²) >= 11 is 12.9. The molecule has 1 saturated heterocycles. The first kappa shape index (κ1) is 24.9. The molecule has 0 radical (unpaired) electrons. The van der Waals surface area contributed by atoms with E-state index in [-0.39, 0.29) is 5.24 Å². The third-order valence-electron chi connectivity index (χ3n) is 5.19. The molecule has 0 spiro atoms. The van der Waals surface area contributed by atoms with Crippen LogP contribution in [0.25, 0.3) is 6.08 Å². The van der Waals surface area contributed by atoms with Crippen LogP contribution in [0.5, 0.6) is 11.5 Å². The molecule has 0 N–H and O–H groups in total. The maximum Gasteiger partial charge on any atom is 0.298 e. The third-order valence-corrected chi connectivity index (χ3v) is 6.55. The summed E-state index contributed by atoms with van der Waals surface area (Å²) in [5, 5.41) is 0.714. The molecule has 0 bridgehead atoms. The first-order valence-corrected chi connectivity index (χ1v) is 12.2. The van der Waals surface area contributed by atoms with Crippen molar-refractivity contribution in [3.8, 4) is 11.5 Å². The molecule has 0 aromatic heterocycles. The maximum absolute atomic E-state index is 13.0. The average Bonchev–Trinajstić information content (AvgIpc) is 3.11. The summed E-state index contributed by atoms with van der Waals surface area (Å²) in [5.74, 6) is 0.694. The molecule has 2 amide bonds. The fraction of sp³-hybridized carbons (Fsp3) is 0.111. The van der Waals surface area contributed by atoms with Crippen LogP contribution in [0, 0.1) is 0 Å². The number of methoxy groups -OCH3 is 1. The Kier molecular flexibility index (Phi) is 7.86. The minimum atomic E-state index is -0.408. The monoisotopic (exact) mass is 525 g/mol. The molecule has 178 valence electrons. The van der Waals surface area contributed by atoms with Gasteiger partial charge in [-0.05, 0) is 77.9 Å². The Bertz CT molecular complexity index is 1320. The highest BCUT2D eigenvalue weighted by molar-refractivity contribution is 8.19. The lowest BCUT2D eigenvalue weighted by molar-refractivity contribution is -0.113. The number of thioether (sulfide) groups is 1. The lowest BCUT2D eigenvalue weighted by Crippen LogP contribution is -2.27. The molecule has 1 aliphatic rings. The molecule has 0 saturated carbocycles. The maximum atomic E-state index is 13.0. The molecule has 8 heteroatoms. The van der Waals surface area contributed by atoms with Crippen molar-refractivity contribution in [2.24, 2.45) is 0 Å². The number of allylic oxidation sites excluding steroid dienone is 1. The summed E-state index contributed by atoms with van der Waals surface area (Å²) in [7, 11) is 1.55. The number of rotatable bonds is 8. The lowest BCUT2D eigenvalue weighted by atomic mass is 10.0. The van der Waals surface area contributed by atoms with Gasteiger partial charge in [-0.1, -0.05) is 47.5 Å². The molecule has 0 aliphatic carbocycles. The smallest absolute Gasteiger partial charge is 0.298 e. The summed E-state index contributed by atoms with van der Waals surface area (Å²) in [5.41, 5.74) is 2.93. The Morgan fingerprint density at radius 2 is 1.80 bits per heavy atom. The number of hydrogen-bond acceptors (Lipinski definition) is 5. The number of imide groups is 1. The topological polar surface area (TPSA) is 55.8 Å². The Morgan fingerprint density at radius 1 is 1.03 bits per heavy atom. The van der Waals surface area contributed by atoms with Crippen LogP contribution >= 0.6 is 35.0 Å². The highest BCUT2D eigenvalue weighted by atomic mass is 35.5. The van der Waals surface area contributed by atoms with Gasteiger partial charge < -0.3 is 9.47 Å². The van der Waals surface area contributed by atoms with E-state index in [1.165, 1.54) is 0 Å². The Labute approximate surface area is 217 Å².